The van der Waals surface area contributed by atoms with E-state index >= 15 is 0 Å². The second-order valence-electron chi connectivity index (χ2n) is 13.3. The Labute approximate surface area is 372 Å². The van der Waals surface area contributed by atoms with Crippen LogP contribution in [0.5, 0.6) is 0 Å². The summed E-state index contributed by atoms with van der Waals surface area (Å²) in [4.78, 5) is 116. The van der Waals surface area contributed by atoms with Crippen molar-refractivity contribution in [3.63, 3.8) is 0 Å². The third kappa shape index (κ3) is 23.5. The number of ether oxygens (including phenoxy) is 8. The van der Waals surface area contributed by atoms with Gasteiger partial charge in [-0.3, -0.25) is 0 Å². The van der Waals surface area contributed by atoms with Crippen LogP contribution in [0.3, 0.4) is 0 Å². The number of esters is 8. The molecular formula is C36H54O30. The third-order valence-corrected chi connectivity index (χ3v) is 8.04. The van der Waals surface area contributed by atoms with Crippen molar-refractivity contribution in [3.05, 3.63) is 0 Å². The Morgan fingerprint density at radius 2 is 0.333 bits per heavy atom. The summed E-state index contributed by atoms with van der Waals surface area (Å²) < 4.78 is 37.3. The molecule has 12 N–H and O–H groups in total. The molecule has 0 radical (unpaired) electrons. The lowest BCUT2D eigenvalue weighted by Crippen LogP contribution is -2.42. The van der Waals surface area contributed by atoms with E-state index in [1.807, 2.05) is 0 Å². The van der Waals surface area contributed by atoms with Gasteiger partial charge in [0, 0.05) is 0 Å². The van der Waals surface area contributed by atoms with Gasteiger partial charge in [-0.25, -0.2) is 47.9 Å². The molecule has 0 saturated heterocycles. The largest absolute Gasteiger partial charge is 0.479 e. The summed E-state index contributed by atoms with van der Waals surface area (Å²) in [5, 5.41) is 113. The molecule has 0 aromatic heterocycles. The Morgan fingerprint density at radius 1 is 0.227 bits per heavy atom. The molecule has 0 aliphatic rings. The van der Waals surface area contributed by atoms with E-state index in [0.717, 1.165) is 0 Å². The molecule has 0 fully saturated rings. The molecule has 30 nitrogen and oxygen atoms in total. The van der Waals surface area contributed by atoms with Gasteiger partial charge in [-0.05, 0) is 51.4 Å². The molecule has 30 heteroatoms. The lowest BCUT2D eigenvalue weighted by Gasteiger charge is -2.17. The number of rotatable bonds is 35. The predicted molar refractivity (Wildman–Crippen MR) is 200 cm³/mol. The van der Waals surface area contributed by atoms with Gasteiger partial charge >= 0.3 is 59.7 Å². The Bertz CT molecular complexity index is 1470. The van der Waals surface area contributed by atoms with Crippen LogP contribution in [0, 0.1) is 0 Å². The highest BCUT2D eigenvalue weighted by Crippen LogP contribution is 2.08. The molecule has 10 atom stereocenters. The van der Waals surface area contributed by atoms with Crippen molar-refractivity contribution in [3.8, 4) is 0 Å². The second-order valence-corrected chi connectivity index (χ2v) is 13.3. The normalized spacial score (nSPS) is 15.6. The van der Waals surface area contributed by atoms with E-state index in [0.29, 0.717) is 0 Å². The predicted octanol–water partition coefficient (Wildman–Crippen LogP) is -7.77. The molecule has 0 heterocycles. The van der Waals surface area contributed by atoms with E-state index in [1.165, 1.54) is 0 Å². The molecule has 0 aromatic rings. The van der Waals surface area contributed by atoms with E-state index in [-0.39, 0.29) is 64.6 Å². The molecule has 0 spiro atoms. The maximum Gasteiger partial charge on any atom is 0.338 e. The maximum absolute atomic E-state index is 12.0. The van der Waals surface area contributed by atoms with Crippen molar-refractivity contribution in [2.45, 2.75) is 112 Å². The fourth-order valence-corrected chi connectivity index (χ4v) is 4.18. The van der Waals surface area contributed by atoms with Crippen LogP contribution in [0.25, 0.3) is 0 Å². The second kappa shape index (κ2) is 32.9. The Kier molecular flexibility index (Phi) is 30.0. The molecule has 66 heavy (non-hydrogen) atoms. The summed E-state index contributed by atoms with van der Waals surface area (Å²) in [5.74, 6) is -15.2. The van der Waals surface area contributed by atoms with Crippen molar-refractivity contribution >= 4 is 59.7 Å². The lowest BCUT2D eigenvalue weighted by molar-refractivity contribution is -0.174. The Hall–Kier alpha value is -5.70. The number of hydrogen-bond donors (Lipinski definition) is 12. The molecule has 0 aromatic carbocycles. The lowest BCUT2D eigenvalue weighted by atomic mass is 10.2. The minimum Gasteiger partial charge on any atom is -0.479 e. The first-order valence-electron chi connectivity index (χ1n) is 19.6. The summed E-state index contributed by atoms with van der Waals surface area (Å²) in [6.07, 6.45) is -23.8. The zero-order valence-corrected chi connectivity index (χ0v) is 34.8. The molecule has 0 aliphatic heterocycles. The fourth-order valence-electron chi connectivity index (χ4n) is 4.18. The maximum atomic E-state index is 12.0. The minimum atomic E-state index is -2.40. The summed E-state index contributed by atoms with van der Waals surface area (Å²) in [5.41, 5.74) is 0. The van der Waals surface area contributed by atoms with Crippen LogP contribution in [0.4, 0.5) is 0 Å². The van der Waals surface area contributed by atoms with Gasteiger partial charge in [0.15, 0.2) is 61.0 Å². The van der Waals surface area contributed by atoms with E-state index in [1.54, 1.807) is 0 Å². The Balaban J connectivity index is 4.21. The summed E-state index contributed by atoms with van der Waals surface area (Å²) in [7, 11) is 0. The number of aliphatic hydroxyl groups excluding tert-OH is 10. The smallest absolute Gasteiger partial charge is 0.338 e. The van der Waals surface area contributed by atoms with Gasteiger partial charge in [0.25, 0.3) is 0 Å². The number of carbonyl (C=O) groups is 10. The number of carbonyl (C=O) groups excluding carboxylic acids is 8. The SMILES string of the molecule is O=C(O)[C@H](O)[C@@H](O)C(=O)OCCCCOC(=O)[C@H](O)[C@@H](O)C(=O)OCCCCOC(=O)[C@H](O)[C@@H](O)C(=O)OCCCCOC(=O)[C@H](O)[C@@H](O)C(=O)OCCCCOC(=O)[C@H](O)[C@@H](O)C(=O)O. The first-order valence-corrected chi connectivity index (χ1v) is 19.6. The van der Waals surface area contributed by atoms with E-state index < -0.39 is 160 Å². The van der Waals surface area contributed by atoms with Gasteiger partial charge < -0.3 is 99.2 Å². The molecule has 0 aliphatic carbocycles. The monoisotopic (exact) mass is 966 g/mol. The highest BCUT2D eigenvalue weighted by molar-refractivity contribution is 5.87. The average molecular weight is 967 g/mol. The standard InChI is InChI=1S/C36H54O30/c37-17(27(47)48)19(39)29(51)59-9-1-3-11-61-31(53)21(41)23(43)33(55)63-13-5-7-15-65-35(57)25(45)26(46)36(58)66-16-8-6-14-64-34(56)24(44)22(42)32(54)62-12-4-2-10-60-30(52)20(40)18(38)28(49)50/h17-26,37-46H,1-16H2,(H,47,48)(H,49,50)/t17-,18-,19-,20-,21-,22-,23-,24-,25-,26-/m1/s1. The van der Waals surface area contributed by atoms with E-state index in [9.17, 15) is 88.8 Å². The first-order chi connectivity index (χ1) is 31.0. The number of unbranched alkanes of at least 4 members (excludes halogenated alkanes) is 4. The number of carboxylic acids is 2. The number of carboxylic acid groups (broad SMARTS) is 2. The van der Waals surface area contributed by atoms with Crippen molar-refractivity contribution in [2.24, 2.45) is 0 Å². The minimum absolute atomic E-state index is 0.00900. The van der Waals surface area contributed by atoms with Gasteiger partial charge in [-0.15, -0.1) is 0 Å². The van der Waals surface area contributed by atoms with Crippen LogP contribution >= 0.6 is 0 Å². The quantitative estimate of drug-likeness (QED) is 0.0159. The molecule has 0 rings (SSSR count). The average Bonchev–Trinajstić information content (AvgIpc) is 3.29. The third-order valence-electron chi connectivity index (χ3n) is 8.04. The van der Waals surface area contributed by atoms with Crippen LogP contribution in [-0.4, -0.2) is 235 Å². The van der Waals surface area contributed by atoms with Crippen molar-refractivity contribution in [1.82, 2.24) is 0 Å². The molecule has 0 unspecified atom stereocenters. The van der Waals surface area contributed by atoms with E-state index in [2.05, 4.69) is 18.9 Å². The highest BCUT2D eigenvalue weighted by Gasteiger charge is 2.36. The van der Waals surface area contributed by atoms with Gasteiger partial charge in [0.1, 0.15) is 0 Å². The summed E-state index contributed by atoms with van der Waals surface area (Å²) in [6.45, 7) is -3.23. The fraction of sp³-hybridized carbons (Fsp3) is 0.722. The highest BCUT2D eigenvalue weighted by atomic mass is 16.6. The van der Waals surface area contributed by atoms with Crippen molar-refractivity contribution < 1.29 is 147 Å². The van der Waals surface area contributed by atoms with Crippen LogP contribution in [0.15, 0.2) is 0 Å². The van der Waals surface area contributed by atoms with Crippen LogP contribution in [0.2, 0.25) is 0 Å². The molecule has 0 bridgehead atoms. The van der Waals surface area contributed by atoms with Crippen LogP contribution in [0.1, 0.15) is 51.4 Å². The van der Waals surface area contributed by atoms with Gasteiger partial charge in [-0.1, -0.05) is 0 Å². The van der Waals surface area contributed by atoms with Crippen molar-refractivity contribution in [1.29, 1.82) is 0 Å². The first kappa shape index (κ1) is 60.3. The van der Waals surface area contributed by atoms with Gasteiger partial charge in [0.2, 0.25) is 0 Å². The zero-order valence-electron chi connectivity index (χ0n) is 34.8. The number of aliphatic carboxylic acids is 2. The summed E-state index contributed by atoms with van der Waals surface area (Å²) >= 11 is 0. The van der Waals surface area contributed by atoms with Crippen molar-refractivity contribution in [2.75, 3.05) is 52.9 Å². The van der Waals surface area contributed by atoms with Crippen LogP contribution < -0.4 is 0 Å². The zero-order chi connectivity index (χ0) is 50.5. The van der Waals surface area contributed by atoms with E-state index in [4.69, 9.17) is 39.4 Å². The number of hydrogen-bond acceptors (Lipinski definition) is 28. The number of aliphatic hydroxyl groups is 10. The van der Waals surface area contributed by atoms with Gasteiger partial charge in [0.05, 0.1) is 52.9 Å². The van der Waals surface area contributed by atoms with Crippen LogP contribution in [-0.2, 0) is 85.8 Å². The molecular weight excluding hydrogens is 912 g/mol. The van der Waals surface area contributed by atoms with Gasteiger partial charge in [-0.2, -0.15) is 0 Å². The Morgan fingerprint density at radius 3 is 0.439 bits per heavy atom. The molecule has 0 saturated carbocycles. The molecule has 0 amide bonds. The molecule has 378 valence electrons. The summed E-state index contributed by atoms with van der Waals surface area (Å²) in [6, 6.07) is 0. The topological polar surface area (TPSA) is 487 Å².